The zero-order chi connectivity index (χ0) is 15.7. The highest BCUT2D eigenvalue weighted by molar-refractivity contribution is 7.86. The van der Waals surface area contributed by atoms with Crippen LogP contribution in [0.1, 0.15) is 27.2 Å². The van der Waals surface area contributed by atoms with Crippen LogP contribution in [0.3, 0.4) is 0 Å². The van der Waals surface area contributed by atoms with Crippen molar-refractivity contribution in [3.8, 4) is 0 Å². The highest BCUT2D eigenvalue weighted by atomic mass is 32.2. The Hall–Kier alpha value is -1.35. The summed E-state index contributed by atoms with van der Waals surface area (Å²) in [5.41, 5.74) is -0.768. The largest absolute Gasteiger partial charge is 0.480 e. The van der Waals surface area contributed by atoms with Gasteiger partial charge in [-0.3, -0.25) is 9.08 Å². The monoisotopic (exact) mass is 309 g/mol. The van der Waals surface area contributed by atoms with Gasteiger partial charge in [0.1, 0.15) is 11.6 Å². The van der Waals surface area contributed by atoms with Crippen LogP contribution in [0, 0.1) is 0 Å². The number of carbonyl (C=O) groups is 2. The van der Waals surface area contributed by atoms with Gasteiger partial charge in [0.25, 0.3) is 10.1 Å². The Labute approximate surface area is 117 Å². The Bertz CT molecular complexity index is 493. The molecular weight excluding hydrogens is 290 g/mol. The molecular formula is C11H19NO7S. The molecule has 116 valence electrons. The van der Waals surface area contributed by atoms with E-state index in [2.05, 4.69) is 0 Å². The normalized spacial score (nSPS) is 23.7. The van der Waals surface area contributed by atoms with Gasteiger partial charge in [0, 0.05) is 6.42 Å². The van der Waals surface area contributed by atoms with Gasteiger partial charge in [-0.15, -0.1) is 0 Å². The van der Waals surface area contributed by atoms with Crippen molar-refractivity contribution in [1.29, 1.82) is 0 Å². The van der Waals surface area contributed by atoms with E-state index in [9.17, 15) is 18.0 Å². The van der Waals surface area contributed by atoms with Crippen LogP contribution in [0.4, 0.5) is 4.79 Å². The van der Waals surface area contributed by atoms with E-state index in [0.29, 0.717) is 0 Å². The molecule has 1 unspecified atom stereocenters. The van der Waals surface area contributed by atoms with Crippen molar-refractivity contribution in [1.82, 2.24) is 4.90 Å². The van der Waals surface area contributed by atoms with Gasteiger partial charge in [-0.05, 0) is 20.8 Å². The summed E-state index contributed by atoms with van der Waals surface area (Å²) in [5.74, 6) is -1.23. The van der Waals surface area contributed by atoms with Crippen LogP contribution in [0.15, 0.2) is 0 Å². The minimum Gasteiger partial charge on any atom is -0.480 e. The topological polar surface area (TPSA) is 110 Å². The number of ether oxygens (including phenoxy) is 1. The smallest absolute Gasteiger partial charge is 0.411 e. The number of amides is 1. The lowest BCUT2D eigenvalue weighted by Gasteiger charge is -2.26. The number of aliphatic carboxylic acids is 1. The summed E-state index contributed by atoms with van der Waals surface area (Å²) in [6.07, 6.45) is -0.899. The molecule has 1 aliphatic heterocycles. The Kier molecular flexibility index (Phi) is 4.65. The van der Waals surface area contributed by atoms with Gasteiger partial charge >= 0.3 is 12.1 Å². The second-order valence-corrected chi connectivity index (χ2v) is 7.25. The molecule has 1 heterocycles. The van der Waals surface area contributed by atoms with Gasteiger partial charge in [0.2, 0.25) is 0 Å². The van der Waals surface area contributed by atoms with E-state index in [1.807, 2.05) is 0 Å². The van der Waals surface area contributed by atoms with E-state index >= 15 is 0 Å². The van der Waals surface area contributed by atoms with Crippen molar-refractivity contribution in [3.05, 3.63) is 0 Å². The minimum atomic E-state index is -3.71. The molecule has 0 bridgehead atoms. The van der Waals surface area contributed by atoms with Crippen LogP contribution in [-0.4, -0.2) is 61.0 Å². The number of carboxylic acids is 1. The zero-order valence-electron chi connectivity index (χ0n) is 11.8. The molecule has 1 rings (SSSR count). The maximum absolute atomic E-state index is 11.9. The van der Waals surface area contributed by atoms with Crippen LogP contribution >= 0.6 is 0 Å². The Balaban J connectivity index is 2.83. The van der Waals surface area contributed by atoms with Crippen LogP contribution in [0.2, 0.25) is 0 Å². The Morgan fingerprint density at radius 1 is 1.30 bits per heavy atom. The fourth-order valence-electron chi connectivity index (χ4n) is 1.87. The number of hydrogen-bond donors (Lipinski definition) is 1. The first-order chi connectivity index (χ1) is 8.89. The molecule has 20 heavy (non-hydrogen) atoms. The summed E-state index contributed by atoms with van der Waals surface area (Å²) in [4.78, 5) is 24.0. The first kappa shape index (κ1) is 16.7. The second kappa shape index (κ2) is 5.57. The van der Waals surface area contributed by atoms with E-state index in [1.54, 1.807) is 20.8 Å². The third-order valence-electron chi connectivity index (χ3n) is 2.49. The number of hydrogen-bond acceptors (Lipinski definition) is 6. The van der Waals surface area contributed by atoms with Crippen molar-refractivity contribution in [3.63, 3.8) is 0 Å². The third-order valence-corrected chi connectivity index (χ3v) is 3.11. The van der Waals surface area contributed by atoms with Crippen molar-refractivity contribution >= 4 is 22.2 Å². The first-order valence-electron chi connectivity index (χ1n) is 6.00. The third kappa shape index (κ3) is 4.97. The lowest BCUT2D eigenvalue weighted by molar-refractivity contribution is -0.142. The number of likely N-dealkylation sites (tertiary alicyclic amines) is 1. The van der Waals surface area contributed by atoms with Crippen molar-refractivity contribution in [2.45, 2.75) is 44.9 Å². The van der Waals surface area contributed by atoms with Gasteiger partial charge in [-0.25, -0.2) is 9.59 Å². The second-order valence-electron chi connectivity index (χ2n) is 5.64. The average Bonchev–Trinajstić information content (AvgIpc) is 2.56. The maximum Gasteiger partial charge on any atom is 0.411 e. The van der Waals surface area contributed by atoms with E-state index in [4.69, 9.17) is 14.0 Å². The first-order valence-corrected chi connectivity index (χ1v) is 7.81. The number of nitrogens with zero attached hydrogens (tertiary/aromatic N) is 1. The molecule has 1 aliphatic rings. The predicted molar refractivity (Wildman–Crippen MR) is 68.7 cm³/mol. The molecule has 1 fully saturated rings. The van der Waals surface area contributed by atoms with E-state index in [0.717, 1.165) is 11.2 Å². The van der Waals surface area contributed by atoms with Gasteiger partial charge in [-0.1, -0.05) is 0 Å². The fraction of sp³-hybridized carbons (Fsp3) is 0.818. The van der Waals surface area contributed by atoms with Crippen molar-refractivity contribution in [2.75, 3.05) is 12.8 Å². The summed E-state index contributed by atoms with van der Waals surface area (Å²) in [7, 11) is -3.71. The summed E-state index contributed by atoms with van der Waals surface area (Å²) >= 11 is 0. The molecule has 0 aromatic rings. The minimum absolute atomic E-state index is 0.0956. The molecule has 9 heteroatoms. The molecule has 0 aromatic carbocycles. The summed E-state index contributed by atoms with van der Waals surface area (Å²) in [5, 5.41) is 9.09. The van der Waals surface area contributed by atoms with Crippen LogP contribution in [-0.2, 0) is 23.8 Å². The molecule has 2 atom stereocenters. The molecule has 0 aromatic heterocycles. The van der Waals surface area contributed by atoms with Crippen molar-refractivity contribution in [2.24, 2.45) is 0 Å². The average molecular weight is 309 g/mol. The van der Waals surface area contributed by atoms with Crippen LogP contribution in [0.25, 0.3) is 0 Å². The number of rotatable bonds is 3. The van der Waals surface area contributed by atoms with Gasteiger partial charge in [-0.2, -0.15) is 8.42 Å². The SMILES string of the molecule is CC(C)(C)OC(=O)N1CC(OS(C)(=O)=O)C[C@H]1C(=O)O. The van der Waals surface area contributed by atoms with E-state index in [-0.39, 0.29) is 13.0 Å². The van der Waals surface area contributed by atoms with Crippen LogP contribution < -0.4 is 0 Å². The predicted octanol–water partition coefficient (Wildman–Crippen LogP) is 0.425. The van der Waals surface area contributed by atoms with Gasteiger partial charge in [0.15, 0.2) is 0 Å². The quantitative estimate of drug-likeness (QED) is 0.752. The number of carboxylic acid groups (broad SMARTS) is 1. The summed E-state index contributed by atoms with van der Waals surface area (Å²) in [6, 6.07) is -1.16. The zero-order valence-corrected chi connectivity index (χ0v) is 12.6. The fourth-order valence-corrected chi connectivity index (χ4v) is 2.50. The summed E-state index contributed by atoms with van der Waals surface area (Å²) in [6.45, 7) is 4.82. The van der Waals surface area contributed by atoms with Crippen molar-refractivity contribution < 1.29 is 32.0 Å². The maximum atomic E-state index is 11.9. The Morgan fingerprint density at radius 2 is 1.85 bits per heavy atom. The van der Waals surface area contributed by atoms with Crippen LogP contribution in [0.5, 0.6) is 0 Å². The highest BCUT2D eigenvalue weighted by Crippen LogP contribution is 2.24. The molecule has 0 aliphatic carbocycles. The van der Waals surface area contributed by atoms with E-state index < -0.39 is 39.9 Å². The molecule has 0 spiro atoms. The highest BCUT2D eigenvalue weighted by Gasteiger charge is 2.43. The Morgan fingerprint density at radius 3 is 2.25 bits per heavy atom. The lowest BCUT2D eigenvalue weighted by atomic mass is 10.2. The standard InChI is InChI=1S/C11H19NO7S/c1-11(2,3)18-10(15)12-6-7(19-20(4,16)17)5-8(12)9(13)14/h7-8H,5-6H2,1-4H3,(H,13,14)/t7?,8-/m0/s1. The van der Waals surface area contributed by atoms with E-state index in [1.165, 1.54) is 0 Å². The molecule has 0 saturated carbocycles. The molecule has 8 nitrogen and oxygen atoms in total. The molecule has 0 radical (unpaired) electrons. The molecule has 1 N–H and O–H groups in total. The molecule has 1 amide bonds. The molecule has 1 saturated heterocycles. The lowest BCUT2D eigenvalue weighted by Crippen LogP contribution is -2.43. The van der Waals surface area contributed by atoms with Gasteiger partial charge < -0.3 is 9.84 Å². The summed E-state index contributed by atoms with van der Waals surface area (Å²) < 4.78 is 32.0. The number of carbonyl (C=O) groups excluding carboxylic acids is 1. The van der Waals surface area contributed by atoms with Gasteiger partial charge in [0.05, 0.1) is 18.9 Å².